The fourth-order valence-corrected chi connectivity index (χ4v) is 5.31. The highest BCUT2D eigenvalue weighted by atomic mass is 35.5. The first-order chi connectivity index (χ1) is 19.2. The van der Waals surface area contributed by atoms with Gasteiger partial charge in [-0.2, -0.15) is 0 Å². The second-order valence-electron chi connectivity index (χ2n) is 8.73. The molecule has 40 heavy (non-hydrogen) atoms. The lowest BCUT2D eigenvalue weighted by Gasteiger charge is -2.26. The van der Waals surface area contributed by atoms with E-state index in [0.29, 0.717) is 16.9 Å². The number of carbonyl (C=O) groups is 2. The zero-order chi connectivity index (χ0) is 29.1. The fraction of sp³-hybridized carbons (Fsp3) is 0.241. The van der Waals surface area contributed by atoms with Gasteiger partial charge in [0, 0.05) is 6.54 Å². The summed E-state index contributed by atoms with van der Waals surface area (Å²) >= 11 is 12.8. The quantitative estimate of drug-likeness (QED) is 0.185. The maximum atomic E-state index is 13.6. The van der Waals surface area contributed by atoms with Crippen LogP contribution in [0.25, 0.3) is 5.76 Å². The molecule has 210 valence electrons. The van der Waals surface area contributed by atoms with E-state index in [1.54, 1.807) is 37.3 Å². The summed E-state index contributed by atoms with van der Waals surface area (Å²) in [6, 6.07) is 11.8. The molecule has 0 saturated carbocycles. The van der Waals surface area contributed by atoms with Crippen molar-refractivity contribution in [3.8, 4) is 28.7 Å². The molecule has 0 bridgehead atoms. The summed E-state index contributed by atoms with van der Waals surface area (Å²) < 4.78 is 21.5. The standard InChI is InChI=1S/C29H27Cl2NO8/c1-5-40-21-12-16(9-10-20(21)33)24-22(25(34)18-13-19(30)28(39-4)23(31)27(18)38-3)26(35)29(36)32(24)14-15-7-6-8-17(11-15)37-2/h6-13,24,33-34H,5,14H2,1-4H3/b25-22+. The van der Waals surface area contributed by atoms with Gasteiger partial charge in [-0.1, -0.05) is 41.4 Å². The third kappa shape index (κ3) is 5.22. The molecule has 9 nitrogen and oxygen atoms in total. The molecule has 1 saturated heterocycles. The average molecular weight is 588 g/mol. The number of rotatable bonds is 9. The molecule has 2 N–H and O–H groups in total. The number of hydrogen-bond donors (Lipinski definition) is 2. The molecule has 0 spiro atoms. The zero-order valence-electron chi connectivity index (χ0n) is 22.2. The zero-order valence-corrected chi connectivity index (χ0v) is 23.7. The number of Topliss-reactive ketones (excluding diaryl/α,β-unsaturated/α-hetero) is 1. The first-order valence-corrected chi connectivity index (χ1v) is 12.9. The van der Waals surface area contributed by atoms with E-state index in [1.165, 1.54) is 44.4 Å². The number of aliphatic hydroxyl groups excluding tert-OH is 1. The molecular weight excluding hydrogens is 561 g/mol. The minimum Gasteiger partial charge on any atom is -0.507 e. The third-order valence-electron chi connectivity index (χ3n) is 6.42. The molecule has 1 amide bonds. The topological polar surface area (TPSA) is 115 Å². The first kappa shape index (κ1) is 28.9. The first-order valence-electron chi connectivity index (χ1n) is 12.1. The van der Waals surface area contributed by atoms with Crippen molar-refractivity contribution >= 4 is 40.7 Å². The molecule has 11 heteroatoms. The highest BCUT2D eigenvalue weighted by Crippen LogP contribution is 2.48. The number of phenolic OH excluding ortho intramolecular Hbond substituents is 1. The van der Waals surface area contributed by atoms with Crippen LogP contribution < -0.4 is 18.9 Å². The van der Waals surface area contributed by atoms with Crippen molar-refractivity contribution in [2.45, 2.75) is 19.5 Å². The van der Waals surface area contributed by atoms with E-state index in [-0.39, 0.29) is 57.3 Å². The predicted octanol–water partition coefficient (Wildman–Crippen LogP) is 5.75. The number of nitrogens with zero attached hydrogens (tertiary/aromatic N) is 1. The van der Waals surface area contributed by atoms with Gasteiger partial charge in [-0.3, -0.25) is 9.59 Å². The molecular formula is C29H27Cl2NO8. The number of halogens is 2. The van der Waals surface area contributed by atoms with Gasteiger partial charge in [0.05, 0.1) is 50.1 Å². The van der Waals surface area contributed by atoms with E-state index >= 15 is 0 Å². The lowest BCUT2D eigenvalue weighted by Crippen LogP contribution is -2.29. The molecule has 1 aliphatic rings. The monoisotopic (exact) mass is 587 g/mol. The van der Waals surface area contributed by atoms with Gasteiger partial charge in [-0.05, 0) is 48.4 Å². The molecule has 1 aliphatic heterocycles. The average Bonchev–Trinajstić information content (AvgIpc) is 3.19. The van der Waals surface area contributed by atoms with Crippen LogP contribution in [0.5, 0.6) is 28.7 Å². The van der Waals surface area contributed by atoms with Crippen molar-refractivity contribution in [3.05, 3.63) is 80.8 Å². The van der Waals surface area contributed by atoms with E-state index in [2.05, 4.69) is 0 Å². The highest BCUT2D eigenvalue weighted by Gasteiger charge is 2.47. The van der Waals surface area contributed by atoms with Crippen molar-refractivity contribution < 1.29 is 38.7 Å². The molecule has 1 unspecified atom stereocenters. The molecule has 0 aliphatic carbocycles. The van der Waals surface area contributed by atoms with Gasteiger partial charge in [0.1, 0.15) is 16.5 Å². The van der Waals surface area contributed by atoms with Gasteiger partial charge in [-0.15, -0.1) is 0 Å². The van der Waals surface area contributed by atoms with Crippen LogP contribution >= 0.6 is 23.2 Å². The van der Waals surface area contributed by atoms with Crippen LogP contribution in [0.3, 0.4) is 0 Å². The predicted molar refractivity (Wildman–Crippen MR) is 150 cm³/mol. The molecule has 1 atom stereocenters. The smallest absolute Gasteiger partial charge is 0.295 e. The Morgan fingerprint density at radius 3 is 2.35 bits per heavy atom. The Morgan fingerprint density at radius 2 is 1.70 bits per heavy atom. The maximum absolute atomic E-state index is 13.6. The normalized spacial score (nSPS) is 16.2. The number of aromatic hydroxyl groups is 1. The summed E-state index contributed by atoms with van der Waals surface area (Å²) in [6.07, 6.45) is 0. The summed E-state index contributed by atoms with van der Waals surface area (Å²) in [5.74, 6) is -1.60. The van der Waals surface area contributed by atoms with E-state index in [0.717, 1.165) is 0 Å². The summed E-state index contributed by atoms with van der Waals surface area (Å²) in [5.41, 5.74) is 0.862. The van der Waals surface area contributed by atoms with Crippen molar-refractivity contribution in [3.63, 3.8) is 0 Å². The lowest BCUT2D eigenvalue weighted by atomic mass is 9.94. The largest absolute Gasteiger partial charge is 0.507 e. The summed E-state index contributed by atoms with van der Waals surface area (Å²) in [4.78, 5) is 28.4. The Balaban J connectivity index is 1.96. The molecule has 0 radical (unpaired) electrons. The van der Waals surface area contributed by atoms with Crippen LogP contribution in [0.2, 0.25) is 10.0 Å². The van der Waals surface area contributed by atoms with Gasteiger partial charge in [0.2, 0.25) is 0 Å². The Morgan fingerprint density at radius 1 is 0.975 bits per heavy atom. The van der Waals surface area contributed by atoms with E-state index in [4.69, 9.17) is 42.1 Å². The van der Waals surface area contributed by atoms with Gasteiger partial charge >= 0.3 is 0 Å². The van der Waals surface area contributed by atoms with Crippen molar-refractivity contribution in [2.75, 3.05) is 27.9 Å². The number of likely N-dealkylation sites (tertiary alicyclic amines) is 1. The second-order valence-corrected chi connectivity index (χ2v) is 9.51. The van der Waals surface area contributed by atoms with Crippen LogP contribution in [0.15, 0.2) is 54.1 Å². The molecule has 1 fully saturated rings. The molecule has 4 rings (SSSR count). The summed E-state index contributed by atoms with van der Waals surface area (Å²) in [7, 11) is 4.23. The van der Waals surface area contributed by atoms with Crippen LogP contribution in [0.1, 0.15) is 29.7 Å². The number of carbonyl (C=O) groups excluding carboxylic acids is 2. The number of benzene rings is 3. The molecule has 0 aromatic heterocycles. The molecule has 1 heterocycles. The summed E-state index contributed by atoms with van der Waals surface area (Å²) in [5, 5.41) is 21.9. The number of amides is 1. The van der Waals surface area contributed by atoms with Gasteiger partial charge < -0.3 is 34.1 Å². The molecule has 3 aromatic carbocycles. The SMILES string of the molecule is CCOc1cc(C2/C(=C(\O)c3cc(Cl)c(OC)c(Cl)c3OC)C(=O)C(=O)N2Cc2cccc(OC)c2)ccc1O. The Hall–Kier alpha value is -4.08. The number of aliphatic hydroxyl groups is 1. The Kier molecular flexibility index (Phi) is 8.66. The van der Waals surface area contributed by atoms with Gasteiger partial charge in [0.15, 0.2) is 23.0 Å². The van der Waals surface area contributed by atoms with E-state index in [1.807, 2.05) is 0 Å². The second kappa shape index (κ2) is 12.0. The van der Waals surface area contributed by atoms with Crippen molar-refractivity contribution in [1.29, 1.82) is 0 Å². The van der Waals surface area contributed by atoms with E-state index in [9.17, 15) is 19.8 Å². The van der Waals surface area contributed by atoms with Crippen molar-refractivity contribution in [2.24, 2.45) is 0 Å². The van der Waals surface area contributed by atoms with Crippen LogP contribution in [-0.2, 0) is 16.1 Å². The number of ketones is 1. The maximum Gasteiger partial charge on any atom is 0.295 e. The Bertz CT molecular complexity index is 1500. The fourth-order valence-electron chi connectivity index (χ4n) is 4.62. The lowest BCUT2D eigenvalue weighted by molar-refractivity contribution is -0.140. The number of phenols is 1. The van der Waals surface area contributed by atoms with Crippen molar-refractivity contribution in [1.82, 2.24) is 4.90 Å². The van der Waals surface area contributed by atoms with E-state index < -0.39 is 23.5 Å². The molecule has 3 aromatic rings. The van der Waals surface area contributed by atoms with Gasteiger partial charge in [0.25, 0.3) is 11.7 Å². The number of methoxy groups -OCH3 is 3. The summed E-state index contributed by atoms with van der Waals surface area (Å²) in [6.45, 7) is 2.03. The van der Waals surface area contributed by atoms with Crippen LogP contribution in [0, 0.1) is 0 Å². The minimum atomic E-state index is -1.07. The minimum absolute atomic E-state index is 0.00104. The highest BCUT2D eigenvalue weighted by molar-refractivity contribution is 6.47. The third-order valence-corrected chi connectivity index (χ3v) is 7.05. The Labute approximate surface area is 241 Å². The number of ether oxygens (including phenoxy) is 4. The number of hydrogen-bond acceptors (Lipinski definition) is 8. The van der Waals surface area contributed by atoms with Crippen LogP contribution in [-0.4, -0.2) is 54.7 Å². The van der Waals surface area contributed by atoms with Gasteiger partial charge in [-0.25, -0.2) is 0 Å². The van der Waals surface area contributed by atoms with Crippen LogP contribution in [0.4, 0.5) is 0 Å².